The third-order valence-electron chi connectivity index (χ3n) is 3.33. The van der Waals surface area contributed by atoms with Gasteiger partial charge in [-0.1, -0.05) is 5.21 Å². The number of hydrogen-bond acceptors (Lipinski definition) is 7. The van der Waals surface area contributed by atoms with Gasteiger partial charge < -0.3 is 15.1 Å². The van der Waals surface area contributed by atoms with Gasteiger partial charge >= 0.3 is 11.8 Å². The van der Waals surface area contributed by atoms with Crippen LogP contribution >= 0.6 is 0 Å². The second-order valence-electron chi connectivity index (χ2n) is 5.45. The molecule has 0 aliphatic heterocycles. The molecule has 3 N–H and O–H groups in total. The maximum atomic E-state index is 12.4. The lowest BCUT2D eigenvalue weighted by atomic mass is 10.3. The SMILES string of the molecule is CN(C)C(=O)Nc1cn(CC(=O)n2c(=O)oc3cc(N)ccc32)nn1. The number of amides is 2. The van der Waals surface area contributed by atoms with Crippen LogP contribution in [0.25, 0.3) is 11.1 Å². The molecule has 2 heterocycles. The number of oxazole rings is 1. The monoisotopic (exact) mass is 345 g/mol. The molecule has 0 saturated heterocycles. The number of fused-ring (bicyclic) bond motifs is 1. The van der Waals surface area contributed by atoms with Crippen LogP contribution in [-0.4, -0.2) is 50.5 Å². The number of anilines is 2. The highest BCUT2D eigenvalue weighted by Crippen LogP contribution is 2.16. The van der Waals surface area contributed by atoms with E-state index in [9.17, 15) is 14.4 Å². The Morgan fingerprint density at radius 3 is 2.84 bits per heavy atom. The largest absolute Gasteiger partial charge is 0.426 e. The van der Waals surface area contributed by atoms with Gasteiger partial charge in [-0.15, -0.1) is 5.10 Å². The number of nitrogen functional groups attached to an aromatic ring is 1. The highest BCUT2D eigenvalue weighted by Gasteiger charge is 2.17. The van der Waals surface area contributed by atoms with Gasteiger partial charge in [-0.2, -0.15) is 0 Å². The zero-order valence-corrected chi connectivity index (χ0v) is 13.5. The van der Waals surface area contributed by atoms with E-state index in [0.717, 1.165) is 4.57 Å². The first-order valence-corrected chi connectivity index (χ1v) is 7.18. The first-order chi connectivity index (χ1) is 11.8. The highest BCUT2D eigenvalue weighted by molar-refractivity contribution is 5.90. The van der Waals surface area contributed by atoms with E-state index < -0.39 is 11.7 Å². The predicted octanol–water partition coefficient (Wildman–Crippen LogP) is 0.202. The summed E-state index contributed by atoms with van der Waals surface area (Å²) in [4.78, 5) is 37.2. The molecule has 0 unspecified atom stereocenters. The molecular formula is C14H15N7O4. The van der Waals surface area contributed by atoms with E-state index in [1.165, 1.54) is 27.9 Å². The van der Waals surface area contributed by atoms with Crippen molar-refractivity contribution in [2.24, 2.45) is 0 Å². The van der Waals surface area contributed by atoms with Gasteiger partial charge in [0.25, 0.3) is 5.91 Å². The van der Waals surface area contributed by atoms with Crippen LogP contribution in [0.5, 0.6) is 0 Å². The predicted molar refractivity (Wildman–Crippen MR) is 88.2 cm³/mol. The Morgan fingerprint density at radius 2 is 2.12 bits per heavy atom. The van der Waals surface area contributed by atoms with E-state index in [4.69, 9.17) is 10.2 Å². The van der Waals surface area contributed by atoms with E-state index in [1.54, 1.807) is 20.2 Å². The number of aromatic nitrogens is 4. The molecule has 0 saturated carbocycles. The summed E-state index contributed by atoms with van der Waals surface area (Å²) in [5, 5.41) is 9.99. The van der Waals surface area contributed by atoms with Crippen molar-refractivity contribution in [2.75, 3.05) is 25.1 Å². The van der Waals surface area contributed by atoms with Crippen LogP contribution in [0.2, 0.25) is 0 Å². The zero-order valence-electron chi connectivity index (χ0n) is 13.5. The van der Waals surface area contributed by atoms with Crippen molar-refractivity contribution >= 4 is 34.5 Å². The number of nitrogens with zero attached hydrogens (tertiary/aromatic N) is 5. The molecule has 1 aromatic carbocycles. The summed E-state index contributed by atoms with van der Waals surface area (Å²) >= 11 is 0. The normalized spacial score (nSPS) is 10.8. The number of hydrogen-bond donors (Lipinski definition) is 2. The van der Waals surface area contributed by atoms with Gasteiger partial charge in [0.05, 0.1) is 11.7 Å². The lowest BCUT2D eigenvalue weighted by Crippen LogP contribution is -2.27. The molecule has 3 aromatic rings. The summed E-state index contributed by atoms with van der Waals surface area (Å²) in [5.74, 6) is -1.19. The molecule has 11 heteroatoms. The van der Waals surface area contributed by atoms with E-state index in [-0.39, 0.29) is 24.0 Å². The van der Waals surface area contributed by atoms with Crippen LogP contribution in [0.15, 0.2) is 33.6 Å². The second kappa shape index (κ2) is 6.11. The Hall–Kier alpha value is -3.63. The first kappa shape index (κ1) is 16.2. The fourth-order valence-corrected chi connectivity index (χ4v) is 2.14. The van der Waals surface area contributed by atoms with Gasteiger partial charge in [0.1, 0.15) is 6.54 Å². The van der Waals surface area contributed by atoms with Crippen LogP contribution in [0.1, 0.15) is 4.79 Å². The molecule has 2 amide bonds. The van der Waals surface area contributed by atoms with Crippen LogP contribution in [-0.2, 0) is 6.54 Å². The van der Waals surface area contributed by atoms with Gasteiger partial charge in [0.15, 0.2) is 11.4 Å². The van der Waals surface area contributed by atoms with Gasteiger partial charge in [-0.25, -0.2) is 18.8 Å². The number of carbonyl (C=O) groups is 2. The van der Waals surface area contributed by atoms with Crippen LogP contribution in [0, 0.1) is 0 Å². The van der Waals surface area contributed by atoms with Crippen LogP contribution in [0.3, 0.4) is 0 Å². The van der Waals surface area contributed by atoms with Crippen LogP contribution < -0.4 is 16.8 Å². The molecule has 2 aromatic heterocycles. The van der Waals surface area contributed by atoms with Crippen LogP contribution in [0.4, 0.5) is 16.3 Å². The van der Waals surface area contributed by atoms with E-state index in [2.05, 4.69) is 15.6 Å². The average Bonchev–Trinajstić information content (AvgIpc) is 3.09. The molecule has 0 spiro atoms. The number of nitrogens with two attached hydrogens (primary N) is 1. The van der Waals surface area contributed by atoms with Gasteiger partial charge in [-0.05, 0) is 12.1 Å². The molecule has 11 nitrogen and oxygen atoms in total. The number of carbonyl (C=O) groups excluding carboxylic acids is 2. The highest BCUT2D eigenvalue weighted by atomic mass is 16.4. The van der Waals surface area contributed by atoms with Crippen molar-refractivity contribution in [3.05, 3.63) is 34.9 Å². The Bertz CT molecular complexity index is 1010. The smallest absolute Gasteiger partial charge is 0.407 e. The van der Waals surface area contributed by atoms with Crippen molar-refractivity contribution in [2.45, 2.75) is 6.54 Å². The Morgan fingerprint density at radius 1 is 1.36 bits per heavy atom. The Kier molecular flexibility index (Phi) is 3.97. The van der Waals surface area contributed by atoms with Crippen molar-refractivity contribution in [3.8, 4) is 0 Å². The fourth-order valence-electron chi connectivity index (χ4n) is 2.14. The molecule has 0 aliphatic rings. The molecular weight excluding hydrogens is 330 g/mol. The quantitative estimate of drug-likeness (QED) is 0.646. The van der Waals surface area contributed by atoms with E-state index >= 15 is 0 Å². The van der Waals surface area contributed by atoms with E-state index in [1.807, 2.05) is 0 Å². The molecule has 0 fully saturated rings. The molecule has 130 valence electrons. The Labute approximate surface area is 140 Å². The summed E-state index contributed by atoms with van der Waals surface area (Å²) in [6.07, 6.45) is 1.38. The minimum Gasteiger partial charge on any atom is -0.407 e. The molecule has 0 bridgehead atoms. The van der Waals surface area contributed by atoms with Crippen molar-refractivity contribution in [3.63, 3.8) is 0 Å². The number of nitrogens with one attached hydrogen (secondary N) is 1. The number of rotatable bonds is 3. The zero-order chi connectivity index (χ0) is 18.1. The summed E-state index contributed by atoms with van der Waals surface area (Å²) < 4.78 is 7.12. The molecule has 0 atom stereocenters. The lowest BCUT2D eigenvalue weighted by molar-refractivity contribution is 0.0882. The van der Waals surface area contributed by atoms with Crippen molar-refractivity contribution in [1.82, 2.24) is 24.5 Å². The minimum atomic E-state index is -0.813. The van der Waals surface area contributed by atoms with Crippen molar-refractivity contribution < 1.29 is 14.0 Å². The molecule has 3 rings (SSSR count). The molecule has 0 aliphatic carbocycles. The maximum absolute atomic E-state index is 12.4. The lowest BCUT2D eigenvalue weighted by Gasteiger charge is -2.08. The van der Waals surface area contributed by atoms with E-state index in [0.29, 0.717) is 11.2 Å². The first-order valence-electron chi connectivity index (χ1n) is 7.18. The summed E-state index contributed by atoms with van der Waals surface area (Å²) in [7, 11) is 3.15. The fraction of sp³-hybridized carbons (Fsp3) is 0.214. The summed E-state index contributed by atoms with van der Waals surface area (Å²) in [6, 6.07) is 4.17. The molecule has 0 radical (unpaired) electrons. The van der Waals surface area contributed by atoms with Gasteiger partial charge in [0.2, 0.25) is 0 Å². The summed E-state index contributed by atoms with van der Waals surface area (Å²) in [5.41, 5.74) is 6.57. The maximum Gasteiger partial charge on any atom is 0.426 e. The standard InChI is InChI=1S/C14H15N7O4/c1-19(2)13(23)16-11-6-20(18-17-11)7-12(22)21-9-4-3-8(15)5-10(9)25-14(21)24/h3-6H,7,15H2,1-2H3,(H,16,23). The topological polar surface area (TPSA) is 141 Å². The third kappa shape index (κ3) is 3.20. The second-order valence-corrected chi connectivity index (χ2v) is 5.45. The average molecular weight is 345 g/mol. The summed E-state index contributed by atoms with van der Waals surface area (Å²) in [6.45, 7) is -0.260. The van der Waals surface area contributed by atoms with Gasteiger partial charge in [0, 0.05) is 25.8 Å². The minimum absolute atomic E-state index is 0.184. The third-order valence-corrected chi connectivity index (χ3v) is 3.33. The Balaban J connectivity index is 1.82. The number of benzene rings is 1. The number of urea groups is 1. The molecule has 25 heavy (non-hydrogen) atoms. The van der Waals surface area contributed by atoms with Crippen molar-refractivity contribution in [1.29, 1.82) is 0 Å². The van der Waals surface area contributed by atoms with Gasteiger partial charge in [-0.3, -0.25) is 10.1 Å².